The largest absolute Gasteiger partial charge is 0.508 e. The number of aliphatic imine (C=N–C) groups is 2. The van der Waals surface area contributed by atoms with Gasteiger partial charge in [-0.3, -0.25) is 14.9 Å². The Morgan fingerprint density at radius 1 is 1.61 bits per heavy atom. The molecule has 0 spiro atoms. The lowest BCUT2D eigenvalue weighted by Gasteiger charge is -2.09. The van der Waals surface area contributed by atoms with Gasteiger partial charge in [0.25, 0.3) is 0 Å². The van der Waals surface area contributed by atoms with Gasteiger partial charge in [0.2, 0.25) is 0 Å². The molecule has 1 N–H and O–H groups in total. The van der Waals surface area contributed by atoms with E-state index in [2.05, 4.69) is 22.6 Å². The molecule has 1 aromatic rings. The summed E-state index contributed by atoms with van der Waals surface area (Å²) >= 11 is 0. The van der Waals surface area contributed by atoms with E-state index in [4.69, 9.17) is 6.42 Å². The van der Waals surface area contributed by atoms with Gasteiger partial charge in [0.1, 0.15) is 5.75 Å². The molecule has 0 aliphatic rings. The molecule has 1 aromatic carbocycles. The molecular weight excluding hydrogens is 226 g/mol. The number of phenolic OH excluding ortho intramolecular Hbond substituents is 1. The van der Waals surface area contributed by atoms with Crippen molar-refractivity contribution in [2.75, 3.05) is 7.05 Å². The summed E-state index contributed by atoms with van der Waals surface area (Å²) in [4.78, 5) is 9.66. The van der Waals surface area contributed by atoms with Crippen LogP contribution in [0.3, 0.4) is 0 Å². The Balaban J connectivity index is 2.70. The minimum Gasteiger partial charge on any atom is -0.508 e. The van der Waals surface area contributed by atoms with E-state index in [0.717, 1.165) is 5.56 Å². The monoisotopic (exact) mass is 241 g/mol. The van der Waals surface area contributed by atoms with Crippen LogP contribution in [-0.2, 0) is 6.54 Å². The average molecular weight is 241 g/mol. The van der Waals surface area contributed by atoms with Crippen molar-refractivity contribution >= 4 is 12.1 Å². The quantitative estimate of drug-likeness (QED) is 0.379. The predicted octanol–water partition coefficient (Wildman–Crippen LogP) is 2.03. The van der Waals surface area contributed by atoms with Crippen LogP contribution in [0.2, 0.25) is 0 Å². The lowest BCUT2D eigenvalue weighted by atomic mass is 10.2. The van der Waals surface area contributed by atoms with Gasteiger partial charge in [-0.15, -0.1) is 0 Å². The second-order valence-electron chi connectivity index (χ2n) is 3.40. The fourth-order valence-corrected chi connectivity index (χ4v) is 1.33. The highest BCUT2D eigenvalue weighted by molar-refractivity contribution is 6.30. The van der Waals surface area contributed by atoms with Crippen LogP contribution in [-0.4, -0.2) is 29.1 Å². The van der Waals surface area contributed by atoms with Crippen LogP contribution in [0.25, 0.3) is 0 Å². The maximum atomic E-state index is 9.31. The number of hydrogen-bond acceptors (Lipinski definition) is 3. The number of rotatable bonds is 4. The summed E-state index contributed by atoms with van der Waals surface area (Å²) in [6.45, 7) is 4.03. The first-order chi connectivity index (χ1) is 8.71. The molecule has 0 heterocycles. The molecule has 0 atom stereocenters. The van der Waals surface area contributed by atoms with Gasteiger partial charge in [-0.25, -0.2) is 0 Å². The molecule has 0 bridgehead atoms. The molecule has 0 unspecified atom stereocenters. The van der Waals surface area contributed by atoms with E-state index in [9.17, 15) is 5.11 Å². The lowest BCUT2D eigenvalue weighted by Crippen LogP contribution is -2.21. The number of amidine groups is 1. The van der Waals surface area contributed by atoms with Gasteiger partial charge >= 0.3 is 0 Å². The highest BCUT2D eigenvalue weighted by Gasteiger charge is 2.00. The van der Waals surface area contributed by atoms with Crippen molar-refractivity contribution in [3.8, 4) is 18.2 Å². The maximum Gasteiger partial charge on any atom is 0.157 e. The van der Waals surface area contributed by atoms with Crippen molar-refractivity contribution in [3.05, 3.63) is 42.6 Å². The van der Waals surface area contributed by atoms with Gasteiger partial charge in [0.15, 0.2) is 5.84 Å². The van der Waals surface area contributed by atoms with E-state index in [0.29, 0.717) is 12.4 Å². The van der Waals surface area contributed by atoms with Crippen LogP contribution in [0.1, 0.15) is 5.56 Å². The fourth-order valence-electron chi connectivity index (χ4n) is 1.33. The standard InChI is InChI=1S/C14H15N3O/c1-4-17(5-2)14(15-3)11-16-10-12-7-6-8-13(18)9-12/h1,5-9,11,18H,2,10H2,3H3. The van der Waals surface area contributed by atoms with E-state index >= 15 is 0 Å². The molecular formula is C14H15N3O. The van der Waals surface area contributed by atoms with Crippen molar-refractivity contribution in [1.29, 1.82) is 0 Å². The van der Waals surface area contributed by atoms with Gasteiger partial charge in [-0.05, 0) is 17.7 Å². The molecule has 0 saturated heterocycles. The minimum atomic E-state index is 0.225. The van der Waals surface area contributed by atoms with Gasteiger partial charge < -0.3 is 5.11 Å². The summed E-state index contributed by atoms with van der Waals surface area (Å²) in [6, 6.07) is 9.34. The van der Waals surface area contributed by atoms with Crippen molar-refractivity contribution in [2.45, 2.75) is 6.54 Å². The topological polar surface area (TPSA) is 48.2 Å². The van der Waals surface area contributed by atoms with Gasteiger partial charge in [0.05, 0.1) is 12.8 Å². The molecule has 92 valence electrons. The van der Waals surface area contributed by atoms with Crippen LogP contribution < -0.4 is 0 Å². The molecule has 0 amide bonds. The van der Waals surface area contributed by atoms with Crippen LogP contribution in [0.5, 0.6) is 5.75 Å². The lowest BCUT2D eigenvalue weighted by molar-refractivity contribution is 0.474. The average Bonchev–Trinajstić information content (AvgIpc) is 2.38. The molecule has 4 nitrogen and oxygen atoms in total. The van der Waals surface area contributed by atoms with Gasteiger partial charge in [-0.1, -0.05) is 25.1 Å². The zero-order valence-electron chi connectivity index (χ0n) is 10.2. The Morgan fingerprint density at radius 2 is 2.39 bits per heavy atom. The Bertz CT molecular complexity index is 512. The van der Waals surface area contributed by atoms with Gasteiger partial charge in [0, 0.05) is 19.3 Å². The van der Waals surface area contributed by atoms with Crippen LogP contribution in [0.15, 0.2) is 47.0 Å². The van der Waals surface area contributed by atoms with E-state index in [1.807, 2.05) is 6.07 Å². The summed E-state index contributed by atoms with van der Waals surface area (Å²) in [5.74, 6) is 0.760. The maximum absolute atomic E-state index is 9.31. The first-order valence-electron chi connectivity index (χ1n) is 5.33. The Labute approximate surface area is 107 Å². The number of aromatic hydroxyl groups is 1. The SMILES string of the molecule is C#CN(C=C)C(C=NCc1cccc(O)c1)=NC. The molecule has 0 saturated carbocycles. The molecule has 0 aromatic heterocycles. The summed E-state index contributed by atoms with van der Waals surface area (Å²) < 4.78 is 0. The highest BCUT2D eigenvalue weighted by atomic mass is 16.3. The van der Waals surface area contributed by atoms with E-state index in [-0.39, 0.29) is 5.75 Å². The molecule has 0 fully saturated rings. The molecule has 0 aliphatic carbocycles. The smallest absolute Gasteiger partial charge is 0.157 e. The third-order valence-corrected chi connectivity index (χ3v) is 2.19. The number of nitrogens with zero attached hydrogens (tertiary/aromatic N) is 3. The molecule has 0 radical (unpaired) electrons. The number of phenols is 1. The first-order valence-corrected chi connectivity index (χ1v) is 5.33. The normalized spacial score (nSPS) is 11.2. The van der Waals surface area contributed by atoms with Crippen molar-refractivity contribution in [3.63, 3.8) is 0 Å². The number of benzene rings is 1. The Kier molecular flexibility index (Phi) is 5.20. The van der Waals surface area contributed by atoms with Crippen LogP contribution >= 0.6 is 0 Å². The second kappa shape index (κ2) is 6.92. The number of hydrogen-bond donors (Lipinski definition) is 1. The highest BCUT2D eigenvalue weighted by Crippen LogP contribution is 2.11. The van der Waals surface area contributed by atoms with Crippen molar-refractivity contribution in [1.82, 2.24) is 4.90 Å². The minimum absolute atomic E-state index is 0.225. The van der Waals surface area contributed by atoms with Crippen LogP contribution in [0, 0.1) is 12.5 Å². The fraction of sp³-hybridized carbons (Fsp3) is 0.143. The molecule has 4 heteroatoms. The van der Waals surface area contributed by atoms with E-state index in [1.54, 1.807) is 31.5 Å². The first kappa shape index (κ1) is 13.5. The van der Waals surface area contributed by atoms with Crippen molar-refractivity contribution in [2.24, 2.45) is 9.98 Å². The Morgan fingerprint density at radius 3 is 2.94 bits per heavy atom. The molecule has 1 rings (SSSR count). The van der Waals surface area contributed by atoms with E-state index < -0.39 is 0 Å². The van der Waals surface area contributed by atoms with E-state index in [1.165, 1.54) is 11.1 Å². The predicted molar refractivity (Wildman–Crippen MR) is 74.5 cm³/mol. The number of terminal acetylenes is 1. The summed E-state index contributed by atoms with van der Waals surface area (Å²) in [6.07, 6.45) is 8.36. The zero-order valence-corrected chi connectivity index (χ0v) is 10.2. The second-order valence-corrected chi connectivity index (χ2v) is 3.40. The zero-order chi connectivity index (χ0) is 13.4. The van der Waals surface area contributed by atoms with Gasteiger partial charge in [-0.2, -0.15) is 0 Å². The summed E-state index contributed by atoms with van der Waals surface area (Å²) in [5, 5.41) is 9.31. The summed E-state index contributed by atoms with van der Waals surface area (Å²) in [5.41, 5.74) is 0.910. The molecule has 18 heavy (non-hydrogen) atoms. The third-order valence-electron chi connectivity index (χ3n) is 2.19. The Hall–Kier alpha value is -2.54. The third kappa shape index (κ3) is 3.80. The van der Waals surface area contributed by atoms with Crippen molar-refractivity contribution < 1.29 is 5.11 Å². The van der Waals surface area contributed by atoms with Crippen LogP contribution in [0.4, 0.5) is 0 Å². The molecule has 0 aliphatic heterocycles. The summed E-state index contributed by atoms with van der Waals surface area (Å²) in [7, 11) is 1.63.